The third kappa shape index (κ3) is 4.53. The summed E-state index contributed by atoms with van der Waals surface area (Å²) < 4.78 is 0. The van der Waals surface area contributed by atoms with E-state index in [2.05, 4.69) is 5.32 Å². The highest BCUT2D eigenvalue weighted by Gasteiger charge is 2.08. The van der Waals surface area contributed by atoms with E-state index < -0.39 is 0 Å². The molecule has 1 amide bonds. The molecule has 0 unspecified atom stereocenters. The van der Waals surface area contributed by atoms with Crippen LogP contribution in [0.2, 0.25) is 0 Å². The van der Waals surface area contributed by atoms with E-state index in [4.69, 9.17) is 11.0 Å². The Bertz CT molecular complexity index is 439. The van der Waals surface area contributed by atoms with Crippen molar-refractivity contribution < 1.29 is 4.79 Å². The number of benzene rings is 1. The molecule has 0 fully saturated rings. The predicted octanol–water partition coefficient (Wildman–Crippen LogP) is 0.777. The van der Waals surface area contributed by atoms with Crippen molar-refractivity contribution in [3.63, 3.8) is 0 Å². The van der Waals surface area contributed by atoms with Crippen LogP contribution in [-0.4, -0.2) is 37.0 Å². The minimum atomic E-state index is -0.0969. The number of nitrogens with one attached hydrogen (secondary N) is 1. The van der Waals surface area contributed by atoms with Gasteiger partial charge in [0.25, 0.3) is 0 Å². The fraction of sp³-hybridized carbons (Fsp3) is 0.385. The summed E-state index contributed by atoms with van der Waals surface area (Å²) in [5.74, 6) is -0.0969. The first kappa shape index (κ1) is 14.2. The number of hydrogen-bond donors (Lipinski definition) is 2. The second-order valence-corrected chi connectivity index (χ2v) is 3.90. The van der Waals surface area contributed by atoms with Gasteiger partial charge in [-0.2, -0.15) is 5.26 Å². The van der Waals surface area contributed by atoms with Crippen molar-refractivity contribution in [2.45, 2.75) is 6.92 Å². The van der Waals surface area contributed by atoms with Crippen LogP contribution in [0.3, 0.4) is 0 Å². The monoisotopic (exact) mass is 246 g/mol. The topological polar surface area (TPSA) is 82.2 Å². The molecule has 0 heterocycles. The standard InChI is InChI=1S/C13H18N4O/c1-2-17(7-6-14)10-13(18)16-12-5-3-4-11(8-12)9-15/h3-5,8H,2,6-7,10,14H2,1H3,(H,16,18). The first-order chi connectivity index (χ1) is 8.69. The molecule has 5 nitrogen and oxygen atoms in total. The van der Waals surface area contributed by atoms with Gasteiger partial charge in [-0.1, -0.05) is 13.0 Å². The summed E-state index contributed by atoms with van der Waals surface area (Å²) in [6, 6.07) is 8.88. The van der Waals surface area contributed by atoms with Crippen LogP contribution < -0.4 is 11.1 Å². The van der Waals surface area contributed by atoms with Crippen molar-refractivity contribution >= 4 is 11.6 Å². The van der Waals surface area contributed by atoms with Gasteiger partial charge in [0, 0.05) is 18.8 Å². The van der Waals surface area contributed by atoms with Crippen molar-refractivity contribution in [2.75, 3.05) is 31.5 Å². The second-order valence-electron chi connectivity index (χ2n) is 3.90. The number of likely N-dealkylation sites (N-methyl/N-ethyl adjacent to an activating group) is 1. The van der Waals surface area contributed by atoms with Crippen molar-refractivity contribution in [3.05, 3.63) is 29.8 Å². The maximum Gasteiger partial charge on any atom is 0.238 e. The lowest BCUT2D eigenvalue weighted by molar-refractivity contribution is -0.117. The maximum absolute atomic E-state index is 11.8. The molecule has 1 aromatic carbocycles. The van der Waals surface area contributed by atoms with E-state index in [1.54, 1.807) is 24.3 Å². The van der Waals surface area contributed by atoms with Crippen molar-refractivity contribution in [3.8, 4) is 6.07 Å². The van der Waals surface area contributed by atoms with Gasteiger partial charge >= 0.3 is 0 Å². The molecule has 5 heteroatoms. The molecule has 96 valence electrons. The number of hydrogen-bond acceptors (Lipinski definition) is 4. The Balaban J connectivity index is 2.56. The van der Waals surface area contributed by atoms with E-state index in [0.717, 1.165) is 6.54 Å². The SMILES string of the molecule is CCN(CCN)CC(=O)Nc1cccc(C#N)c1. The Hall–Kier alpha value is -1.90. The third-order valence-electron chi connectivity index (χ3n) is 2.54. The smallest absolute Gasteiger partial charge is 0.238 e. The van der Waals surface area contributed by atoms with E-state index in [-0.39, 0.29) is 5.91 Å². The van der Waals surface area contributed by atoms with Crippen LogP contribution >= 0.6 is 0 Å². The van der Waals surface area contributed by atoms with Gasteiger partial charge < -0.3 is 11.1 Å². The molecule has 0 aliphatic heterocycles. The van der Waals surface area contributed by atoms with Crippen LogP contribution in [-0.2, 0) is 4.79 Å². The molecule has 0 atom stereocenters. The molecule has 0 saturated carbocycles. The van der Waals surface area contributed by atoms with Gasteiger partial charge in [0.15, 0.2) is 0 Å². The molecule has 1 aromatic rings. The van der Waals surface area contributed by atoms with Crippen LogP contribution in [0.1, 0.15) is 12.5 Å². The number of nitriles is 1. The quantitative estimate of drug-likeness (QED) is 0.777. The summed E-state index contributed by atoms with van der Waals surface area (Å²) >= 11 is 0. The Kier molecular flexibility index (Phi) is 5.85. The van der Waals surface area contributed by atoms with Gasteiger partial charge in [-0.05, 0) is 24.7 Å². The van der Waals surface area contributed by atoms with Gasteiger partial charge in [-0.25, -0.2) is 0 Å². The Morgan fingerprint density at radius 1 is 1.56 bits per heavy atom. The van der Waals surface area contributed by atoms with E-state index in [9.17, 15) is 4.79 Å². The lowest BCUT2D eigenvalue weighted by Gasteiger charge is -2.18. The van der Waals surface area contributed by atoms with Crippen molar-refractivity contribution in [1.82, 2.24) is 4.90 Å². The predicted molar refractivity (Wildman–Crippen MR) is 71.0 cm³/mol. The normalized spacial score (nSPS) is 10.1. The first-order valence-electron chi connectivity index (χ1n) is 5.92. The summed E-state index contributed by atoms with van der Waals surface area (Å²) in [7, 11) is 0. The summed E-state index contributed by atoms with van der Waals surface area (Å²) in [5, 5.41) is 11.5. The largest absolute Gasteiger partial charge is 0.329 e. The molecule has 18 heavy (non-hydrogen) atoms. The number of rotatable bonds is 6. The number of carbonyl (C=O) groups is 1. The number of nitrogens with two attached hydrogens (primary N) is 1. The molecule has 0 bridgehead atoms. The average molecular weight is 246 g/mol. The summed E-state index contributed by atoms with van der Waals surface area (Å²) in [6.07, 6.45) is 0. The van der Waals surface area contributed by atoms with E-state index in [1.807, 2.05) is 17.9 Å². The van der Waals surface area contributed by atoms with Gasteiger partial charge in [0.2, 0.25) is 5.91 Å². The zero-order valence-corrected chi connectivity index (χ0v) is 10.5. The first-order valence-corrected chi connectivity index (χ1v) is 5.92. The summed E-state index contributed by atoms with van der Waals surface area (Å²) in [4.78, 5) is 13.7. The fourth-order valence-electron chi connectivity index (χ4n) is 1.60. The van der Waals surface area contributed by atoms with Crippen LogP contribution in [0.15, 0.2) is 24.3 Å². The van der Waals surface area contributed by atoms with Crippen LogP contribution in [0.4, 0.5) is 5.69 Å². The van der Waals surface area contributed by atoms with Crippen molar-refractivity contribution in [2.24, 2.45) is 5.73 Å². The van der Waals surface area contributed by atoms with E-state index in [1.165, 1.54) is 0 Å². The minimum absolute atomic E-state index is 0.0969. The molecule has 0 aliphatic carbocycles. The second kappa shape index (κ2) is 7.43. The van der Waals surface area contributed by atoms with Gasteiger partial charge in [0.05, 0.1) is 18.2 Å². The molecule has 3 N–H and O–H groups in total. The zero-order valence-electron chi connectivity index (χ0n) is 10.5. The number of carbonyl (C=O) groups excluding carboxylic acids is 1. The highest BCUT2D eigenvalue weighted by molar-refractivity contribution is 5.92. The number of anilines is 1. The molecule has 0 saturated heterocycles. The molecule has 1 rings (SSSR count). The van der Waals surface area contributed by atoms with Gasteiger partial charge in [0.1, 0.15) is 0 Å². The zero-order chi connectivity index (χ0) is 13.4. The number of nitrogens with zero attached hydrogens (tertiary/aromatic N) is 2. The lowest BCUT2D eigenvalue weighted by Crippen LogP contribution is -2.36. The van der Waals surface area contributed by atoms with Crippen molar-refractivity contribution in [1.29, 1.82) is 5.26 Å². The Morgan fingerprint density at radius 2 is 2.33 bits per heavy atom. The summed E-state index contributed by atoms with van der Waals surface area (Å²) in [5.41, 5.74) is 6.63. The van der Waals surface area contributed by atoms with E-state index in [0.29, 0.717) is 30.9 Å². The third-order valence-corrected chi connectivity index (χ3v) is 2.54. The molecular weight excluding hydrogens is 228 g/mol. The Morgan fingerprint density at radius 3 is 2.94 bits per heavy atom. The molecule has 0 aromatic heterocycles. The molecular formula is C13H18N4O. The molecule has 0 aliphatic rings. The summed E-state index contributed by atoms with van der Waals surface area (Å²) in [6.45, 7) is 4.31. The van der Waals surface area contributed by atoms with Gasteiger partial charge in [-0.15, -0.1) is 0 Å². The minimum Gasteiger partial charge on any atom is -0.329 e. The van der Waals surface area contributed by atoms with Gasteiger partial charge in [-0.3, -0.25) is 9.69 Å². The maximum atomic E-state index is 11.8. The Labute approximate surface area is 107 Å². The highest BCUT2D eigenvalue weighted by atomic mass is 16.2. The van der Waals surface area contributed by atoms with Crippen LogP contribution in [0.5, 0.6) is 0 Å². The molecule has 0 radical (unpaired) electrons. The average Bonchev–Trinajstić information content (AvgIpc) is 2.38. The lowest BCUT2D eigenvalue weighted by atomic mass is 10.2. The highest BCUT2D eigenvalue weighted by Crippen LogP contribution is 2.09. The molecule has 0 spiro atoms. The van der Waals surface area contributed by atoms with Crippen LogP contribution in [0, 0.1) is 11.3 Å². The van der Waals surface area contributed by atoms with E-state index >= 15 is 0 Å². The van der Waals surface area contributed by atoms with Crippen LogP contribution in [0.25, 0.3) is 0 Å². The fourth-order valence-corrected chi connectivity index (χ4v) is 1.60. The number of amides is 1.